The Bertz CT molecular complexity index is 995. The van der Waals surface area contributed by atoms with Crippen LogP contribution in [0.15, 0.2) is 73.1 Å². The third kappa shape index (κ3) is 5.39. The van der Waals surface area contributed by atoms with Gasteiger partial charge in [-0.3, -0.25) is 14.7 Å². The van der Waals surface area contributed by atoms with Gasteiger partial charge in [0.1, 0.15) is 17.2 Å². The Labute approximate surface area is 182 Å². The molecule has 160 valence electrons. The molecule has 1 aromatic heterocycles. The number of carbonyl (C=O) groups excluding carboxylic acids is 1. The minimum absolute atomic E-state index is 0.0530. The summed E-state index contributed by atoms with van der Waals surface area (Å²) in [5, 5.41) is 6.40. The molecule has 1 atom stereocenters. The molecule has 1 amide bonds. The zero-order valence-electron chi connectivity index (χ0n) is 17.5. The molecular formula is C24H26N4O3. The lowest BCUT2D eigenvalue weighted by Crippen LogP contribution is -2.48. The second kappa shape index (κ2) is 10.1. The first-order chi connectivity index (χ1) is 15.2. The van der Waals surface area contributed by atoms with Crippen molar-refractivity contribution < 1.29 is 14.3 Å². The summed E-state index contributed by atoms with van der Waals surface area (Å²) in [6, 6.07) is 19.0. The summed E-state index contributed by atoms with van der Waals surface area (Å²) in [5.41, 5.74) is 1.81. The van der Waals surface area contributed by atoms with E-state index < -0.39 is 0 Å². The number of aromatic nitrogens is 1. The van der Waals surface area contributed by atoms with Gasteiger partial charge in [0.05, 0.1) is 25.9 Å². The number of ether oxygens (including phenoxy) is 2. The van der Waals surface area contributed by atoms with Crippen molar-refractivity contribution in [1.82, 2.24) is 15.2 Å². The average molecular weight is 418 g/mol. The van der Waals surface area contributed by atoms with Crippen molar-refractivity contribution in [2.45, 2.75) is 6.04 Å². The molecule has 1 fully saturated rings. The number of hydrogen-bond donors (Lipinski definition) is 2. The molecule has 7 heteroatoms. The Morgan fingerprint density at radius 3 is 2.74 bits per heavy atom. The molecule has 2 aromatic carbocycles. The van der Waals surface area contributed by atoms with Crippen LogP contribution in [-0.4, -0.2) is 49.1 Å². The minimum Gasteiger partial charge on any atom is -0.496 e. The molecule has 31 heavy (non-hydrogen) atoms. The standard InChI is InChI=1S/C24H26N4O3/c1-30-23-7-3-2-6-21(23)22-16-26-13-14-28(22)17-24(29)27-18-8-10-19(11-9-18)31-20-5-4-12-25-15-20/h2-12,15,22,26H,13-14,16-17H2,1H3,(H,27,29). The predicted octanol–water partition coefficient (Wildman–Crippen LogP) is 3.47. The topological polar surface area (TPSA) is 75.7 Å². The van der Waals surface area contributed by atoms with Gasteiger partial charge >= 0.3 is 0 Å². The van der Waals surface area contributed by atoms with Crippen LogP contribution in [-0.2, 0) is 4.79 Å². The zero-order valence-corrected chi connectivity index (χ0v) is 17.5. The van der Waals surface area contributed by atoms with Crippen LogP contribution in [0.3, 0.4) is 0 Å². The number of benzene rings is 2. The van der Waals surface area contributed by atoms with Gasteiger partial charge < -0.3 is 20.1 Å². The van der Waals surface area contributed by atoms with Crippen LogP contribution in [0, 0.1) is 0 Å². The number of para-hydroxylation sites is 1. The lowest BCUT2D eigenvalue weighted by atomic mass is 10.0. The van der Waals surface area contributed by atoms with E-state index in [0.29, 0.717) is 18.0 Å². The van der Waals surface area contributed by atoms with Crippen molar-refractivity contribution >= 4 is 11.6 Å². The number of nitrogens with one attached hydrogen (secondary N) is 2. The number of piperazine rings is 1. The van der Waals surface area contributed by atoms with E-state index in [1.807, 2.05) is 54.6 Å². The summed E-state index contributed by atoms with van der Waals surface area (Å²) in [5.74, 6) is 2.14. The Kier molecular flexibility index (Phi) is 6.76. The van der Waals surface area contributed by atoms with Crippen molar-refractivity contribution in [3.05, 3.63) is 78.6 Å². The van der Waals surface area contributed by atoms with E-state index in [0.717, 1.165) is 36.6 Å². The van der Waals surface area contributed by atoms with Gasteiger partial charge in [0.25, 0.3) is 0 Å². The van der Waals surface area contributed by atoms with Crippen LogP contribution in [0.2, 0.25) is 0 Å². The van der Waals surface area contributed by atoms with Crippen molar-refractivity contribution in [3.8, 4) is 17.2 Å². The third-order valence-electron chi connectivity index (χ3n) is 5.21. The fourth-order valence-corrected chi connectivity index (χ4v) is 3.72. The Morgan fingerprint density at radius 2 is 1.97 bits per heavy atom. The lowest BCUT2D eigenvalue weighted by Gasteiger charge is -2.36. The molecule has 0 bridgehead atoms. The van der Waals surface area contributed by atoms with E-state index in [9.17, 15) is 4.79 Å². The lowest BCUT2D eigenvalue weighted by molar-refractivity contribution is -0.118. The molecule has 0 saturated carbocycles. The Morgan fingerprint density at radius 1 is 1.13 bits per heavy atom. The fraction of sp³-hybridized carbons (Fsp3) is 0.250. The highest BCUT2D eigenvalue weighted by Crippen LogP contribution is 2.30. The second-order valence-electron chi connectivity index (χ2n) is 7.30. The molecular weight excluding hydrogens is 392 g/mol. The number of methoxy groups -OCH3 is 1. The normalized spacial score (nSPS) is 16.5. The molecule has 1 unspecified atom stereocenters. The molecule has 7 nitrogen and oxygen atoms in total. The summed E-state index contributed by atoms with van der Waals surface area (Å²) in [4.78, 5) is 19.0. The first-order valence-corrected chi connectivity index (χ1v) is 10.3. The van der Waals surface area contributed by atoms with Crippen molar-refractivity contribution in [2.24, 2.45) is 0 Å². The highest BCUT2D eigenvalue weighted by molar-refractivity contribution is 5.92. The van der Waals surface area contributed by atoms with E-state index in [2.05, 4.69) is 26.6 Å². The molecule has 2 heterocycles. The smallest absolute Gasteiger partial charge is 0.238 e. The second-order valence-corrected chi connectivity index (χ2v) is 7.30. The number of anilines is 1. The average Bonchev–Trinajstić information content (AvgIpc) is 2.81. The molecule has 0 aliphatic carbocycles. The molecule has 1 saturated heterocycles. The molecule has 1 aliphatic rings. The van der Waals surface area contributed by atoms with Gasteiger partial charge in [-0.2, -0.15) is 0 Å². The predicted molar refractivity (Wildman–Crippen MR) is 120 cm³/mol. The summed E-state index contributed by atoms with van der Waals surface area (Å²) < 4.78 is 11.3. The Hall–Kier alpha value is -3.42. The maximum Gasteiger partial charge on any atom is 0.238 e. The molecule has 2 N–H and O–H groups in total. The maximum atomic E-state index is 12.7. The molecule has 0 radical (unpaired) electrons. The largest absolute Gasteiger partial charge is 0.496 e. The van der Waals surface area contributed by atoms with Gasteiger partial charge in [-0.15, -0.1) is 0 Å². The molecule has 3 aromatic rings. The number of nitrogens with zero attached hydrogens (tertiary/aromatic N) is 2. The summed E-state index contributed by atoms with van der Waals surface area (Å²) >= 11 is 0. The molecule has 0 spiro atoms. The highest BCUT2D eigenvalue weighted by Gasteiger charge is 2.27. The van der Waals surface area contributed by atoms with E-state index in [4.69, 9.17) is 9.47 Å². The number of pyridine rings is 1. The van der Waals surface area contributed by atoms with Crippen LogP contribution in [0.5, 0.6) is 17.2 Å². The SMILES string of the molecule is COc1ccccc1C1CNCCN1CC(=O)Nc1ccc(Oc2cccnc2)cc1. The fourth-order valence-electron chi connectivity index (χ4n) is 3.72. The van der Waals surface area contributed by atoms with Gasteiger partial charge in [0.15, 0.2) is 0 Å². The number of amides is 1. The van der Waals surface area contributed by atoms with E-state index >= 15 is 0 Å². The van der Waals surface area contributed by atoms with Crippen molar-refractivity contribution in [3.63, 3.8) is 0 Å². The van der Waals surface area contributed by atoms with Crippen LogP contribution in [0.1, 0.15) is 11.6 Å². The monoisotopic (exact) mass is 418 g/mol. The number of carbonyl (C=O) groups is 1. The third-order valence-corrected chi connectivity index (χ3v) is 5.21. The zero-order chi connectivity index (χ0) is 21.5. The van der Waals surface area contributed by atoms with E-state index in [-0.39, 0.29) is 11.9 Å². The highest BCUT2D eigenvalue weighted by atomic mass is 16.5. The summed E-state index contributed by atoms with van der Waals surface area (Å²) in [6.45, 7) is 2.71. The maximum absolute atomic E-state index is 12.7. The van der Waals surface area contributed by atoms with Crippen LogP contribution in [0.4, 0.5) is 5.69 Å². The van der Waals surface area contributed by atoms with Crippen LogP contribution in [0.25, 0.3) is 0 Å². The van der Waals surface area contributed by atoms with E-state index in [1.165, 1.54) is 0 Å². The van der Waals surface area contributed by atoms with Gasteiger partial charge in [-0.25, -0.2) is 0 Å². The first kappa shape index (κ1) is 20.8. The van der Waals surface area contributed by atoms with Gasteiger partial charge in [-0.05, 0) is 42.5 Å². The number of rotatable bonds is 7. The summed E-state index contributed by atoms with van der Waals surface area (Å²) in [7, 11) is 1.67. The first-order valence-electron chi connectivity index (χ1n) is 10.3. The van der Waals surface area contributed by atoms with Gasteiger partial charge in [0.2, 0.25) is 5.91 Å². The van der Waals surface area contributed by atoms with Gasteiger partial charge in [-0.1, -0.05) is 18.2 Å². The molecule has 1 aliphatic heterocycles. The van der Waals surface area contributed by atoms with Crippen LogP contribution >= 0.6 is 0 Å². The van der Waals surface area contributed by atoms with Crippen LogP contribution < -0.4 is 20.1 Å². The quantitative estimate of drug-likeness (QED) is 0.612. The number of hydrogen-bond acceptors (Lipinski definition) is 6. The summed E-state index contributed by atoms with van der Waals surface area (Å²) in [6.07, 6.45) is 3.35. The van der Waals surface area contributed by atoms with Crippen molar-refractivity contribution in [2.75, 3.05) is 38.6 Å². The van der Waals surface area contributed by atoms with Gasteiger partial charge in [0, 0.05) is 37.1 Å². The van der Waals surface area contributed by atoms with Crippen molar-refractivity contribution in [1.29, 1.82) is 0 Å². The Balaban J connectivity index is 1.38. The van der Waals surface area contributed by atoms with E-state index in [1.54, 1.807) is 19.5 Å². The molecule has 4 rings (SSSR count). The minimum atomic E-state index is -0.0530.